The van der Waals surface area contributed by atoms with Crippen molar-refractivity contribution in [2.45, 2.75) is 23.6 Å². The predicted molar refractivity (Wildman–Crippen MR) is 101 cm³/mol. The quantitative estimate of drug-likeness (QED) is 0.485. The van der Waals surface area contributed by atoms with Gasteiger partial charge in [0.2, 0.25) is 5.91 Å². The molecule has 1 fully saturated rings. The van der Waals surface area contributed by atoms with Gasteiger partial charge in [-0.3, -0.25) is 19.3 Å². The summed E-state index contributed by atoms with van der Waals surface area (Å²) < 4.78 is 10.2. The minimum Gasteiger partial charge on any atom is -0.477 e. The Bertz CT molecular complexity index is 837. The zero-order chi connectivity index (χ0) is 20.4. The second-order valence-corrected chi connectivity index (χ2v) is 8.11. The zero-order valence-electron chi connectivity index (χ0n) is 15.0. The first-order chi connectivity index (χ1) is 13.3. The maximum absolute atomic E-state index is 12.6. The van der Waals surface area contributed by atoms with Gasteiger partial charge < -0.3 is 19.6 Å². The van der Waals surface area contributed by atoms with Gasteiger partial charge in [-0.25, -0.2) is 4.79 Å². The minimum atomic E-state index is -1.27. The van der Waals surface area contributed by atoms with Gasteiger partial charge in [-0.15, -0.1) is 23.5 Å². The lowest BCUT2D eigenvalue weighted by Crippen LogP contribution is -2.70. The Morgan fingerprint density at radius 2 is 2.25 bits per heavy atom. The van der Waals surface area contributed by atoms with E-state index in [1.54, 1.807) is 18.4 Å². The van der Waals surface area contributed by atoms with E-state index in [1.165, 1.54) is 36.7 Å². The average molecular weight is 426 g/mol. The molecule has 2 amide bonds. The molecule has 0 radical (unpaired) electrons. The fourth-order valence-electron chi connectivity index (χ4n) is 3.00. The Kier molecular flexibility index (Phi) is 6.04. The third-order valence-electron chi connectivity index (χ3n) is 4.27. The SMILES string of the molecule is CSC(C(=O)NC1C(=O)N2C(C(=O)O)=C(COC(C)=O)CS[C@H]12)c1ccco1. The van der Waals surface area contributed by atoms with Gasteiger partial charge in [0.15, 0.2) is 0 Å². The summed E-state index contributed by atoms with van der Waals surface area (Å²) in [5, 5.41) is 11.1. The van der Waals surface area contributed by atoms with Gasteiger partial charge in [0, 0.05) is 18.2 Å². The largest absolute Gasteiger partial charge is 0.477 e. The highest BCUT2D eigenvalue weighted by Gasteiger charge is 2.54. The predicted octanol–water partition coefficient (Wildman–Crippen LogP) is 0.985. The van der Waals surface area contributed by atoms with Crippen molar-refractivity contribution in [3.05, 3.63) is 35.4 Å². The Morgan fingerprint density at radius 3 is 2.82 bits per heavy atom. The van der Waals surface area contributed by atoms with Crippen LogP contribution in [0, 0.1) is 0 Å². The molecule has 2 aliphatic heterocycles. The Hall–Kier alpha value is -2.40. The number of hydrogen-bond donors (Lipinski definition) is 2. The molecule has 0 bridgehead atoms. The first-order valence-electron chi connectivity index (χ1n) is 8.25. The first kappa shape index (κ1) is 20.3. The van der Waals surface area contributed by atoms with E-state index in [2.05, 4.69) is 5.32 Å². The minimum absolute atomic E-state index is 0.187. The topological polar surface area (TPSA) is 126 Å². The van der Waals surface area contributed by atoms with Crippen LogP contribution in [0.25, 0.3) is 0 Å². The van der Waals surface area contributed by atoms with E-state index in [0.29, 0.717) is 11.3 Å². The summed E-state index contributed by atoms with van der Waals surface area (Å²) in [6.07, 6.45) is 3.22. The number of ether oxygens (including phenoxy) is 1. The monoisotopic (exact) mass is 426 g/mol. The number of amides is 2. The molecule has 3 atom stereocenters. The summed E-state index contributed by atoms with van der Waals surface area (Å²) in [6.45, 7) is 1.03. The van der Waals surface area contributed by atoms with Crippen LogP contribution in [0.2, 0.25) is 0 Å². The van der Waals surface area contributed by atoms with E-state index in [4.69, 9.17) is 9.15 Å². The number of carboxylic acid groups (broad SMARTS) is 1. The second kappa shape index (κ2) is 8.31. The third kappa shape index (κ3) is 3.76. The lowest BCUT2D eigenvalue weighted by atomic mass is 10.0. The van der Waals surface area contributed by atoms with Gasteiger partial charge in [-0.2, -0.15) is 0 Å². The smallest absolute Gasteiger partial charge is 0.352 e. The number of nitrogens with zero attached hydrogens (tertiary/aromatic N) is 1. The van der Waals surface area contributed by atoms with Crippen LogP contribution in [-0.2, 0) is 23.9 Å². The van der Waals surface area contributed by atoms with Crippen molar-refractivity contribution in [3.63, 3.8) is 0 Å². The summed E-state index contributed by atoms with van der Waals surface area (Å²) in [5.41, 5.74) is 0.160. The Labute approximate surface area is 168 Å². The van der Waals surface area contributed by atoms with E-state index in [9.17, 15) is 24.3 Å². The molecule has 28 heavy (non-hydrogen) atoms. The van der Waals surface area contributed by atoms with Gasteiger partial charge in [0.1, 0.15) is 34.7 Å². The van der Waals surface area contributed by atoms with E-state index >= 15 is 0 Å². The van der Waals surface area contributed by atoms with Crippen molar-refractivity contribution in [1.29, 1.82) is 0 Å². The number of fused-ring (bicyclic) bond motifs is 1. The molecule has 2 N–H and O–H groups in total. The Morgan fingerprint density at radius 1 is 1.50 bits per heavy atom. The van der Waals surface area contributed by atoms with Crippen molar-refractivity contribution in [2.75, 3.05) is 18.6 Å². The molecule has 1 saturated heterocycles. The molecule has 0 aromatic carbocycles. The second-order valence-electron chi connectivity index (χ2n) is 6.06. The Balaban J connectivity index is 1.74. The van der Waals surface area contributed by atoms with E-state index in [1.807, 2.05) is 0 Å². The van der Waals surface area contributed by atoms with Crippen molar-refractivity contribution in [1.82, 2.24) is 10.2 Å². The highest BCUT2D eigenvalue weighted by atomic mass is 32.2. The zero-order valence-corrected chi connectivity index (χ0v) is 16.7. The third-order valence-corrected chi connectivity index (χ3v) is 6.53. The maximum atomic E-state index is 12.6. The fraction of sp³-hybridized carbons (Fsp3) is 0.412. The van der Waals surface area contributed by atoms with Crippen LogP contribution in [0.1, 0.15) is 17.9 Å². The number of aliphatic carboxylic acids is 1. The molecule has 1 aromatic heterocycles. The van der Waals surface area contributed by atoms with Crippen LogP contribution < -0.4 is 5.32 Å². The number of thioether (sulfide) groups is 2. The number of hydrogen-bond acceptors (Lipinski definition) is 8. The van der Waals surface area contributed by atoms with Crippen molar-refractivity contribution >= 4 is 47.3 Å². The van der Waals surface area contributed by atoms with Crippen LogP contribution in [0.4, 0.5) is 0 Å². The molecule has 1 aromatic rings. The van der Waals surface area contributed by atoms with Gasteiger partial charge in [0.25, 0.3) is 5.91 Å². The molecule has 2 aliphatic rings. The molecule has 2 unspecified atom stereocenters. The van der Waals surface area contributed by atoms with Gasteiger partial charge in [0.05, 0.1) is 6.26 Å². The number of carboxylic acids is 1. The highest BCUT2D eigenvalue weighted by Crippen LogP contribution is 2.41. The molecule has 150 valence electrons. The summed E-state index contributed by atoms with van der Waals surface area (Å²) in [4.78, 5) is 49.0. The van der Waals surface area contributed by atoms with E-state index < -0.39 is 34.5 Å². The highest BCUT2D eigenvalue weighted by molar-refractivity contribution is 8.00. The average Bonchev–Trinajstić information content (AvgIpc) is 3.18. The fourth-order valence-corrected chi connectivity index (χ4v) is 4.98. The number of rotatable bonds is 7. The molecule has 0 aliphatic carbocycles. The summed E-state index contributed by atoms with van der Waals surface area (Å²) >= 11 is 2.58. The molecule has 0 spiro atoms. The molecule has 11 heteroatoms. The molecule has 0 saturated carbocycles. The molecule has 3 heterocycles. The van der Waals surface area contributed by atoms with Crippen LogP contribution in [-0.4, -0.2) is 63.8 Å². The maximum Gasteiger partial charge on any atom is 0.352 e. The molecule has 3 rings (SSSR count). The lowest BCUT2D eigenvalue weighted by molar-refractivity contribution is -0.151. The number of carbonyl (C=O) groups excluding carboxylic acids is 3. The van der Waals surface area contributed by atoms with Crippen LogP contribution in [0.5, 0.6) is 0 Å². The van der Waals surface area contributed by atoms with Gasteiger partial charge in [-0.05, 0) is 18.4 Å². The molecule has 9 nitrogen and oxygen atoms in total. The van der Waals surface area contributed by atoms with Crippen molar-refractivity contribution in [3.8, 4) is 0 Å². The van der Waals surface area contributed by atoms with E-state index in [-0.39, 0.29) is 24.0 Å². The lowest BCUT2D eigenvalue weighted by Gasteiger charge is -2.49. The molecular formula is C17H18N2O7S2. The summed E-state index contributed by atoms with van der Waals surface area (Å²) in [7, 11) is 0. The number of esters is 1. The van der Waals surface area contributed by atoms with Crippen molar-refractivity contribution < 1.29 is 33.4 Å². The standard InChI is InChI=1S/C17H18N2O7S2/c1-8(20)26-6-9-7-28-16-11(15(22)19(16)12(9)17(23)24)18-14(21)13(27-2)10-4-3-5-25-10/h3-5,11,13,16H,6-7H2,1-2H3,(H,18,21)(H,23,24)/t11?,13?,16-/m1/s1. The van der Waals surface area contributed by atoms with Crippen LogP contribution in [0.15, 0.2) is 34.1 Å². The summed E-state index contributed by atoms with van der Waals surface area (Å²) in [6, 6.07) is 2.53. The first-order valence-corrected chi connectivity index (χ1v) is 10.6. The normalized spacial score (nSPS) is 22.2. The number of carbonyl (C=O) groups is 4. The molecular weight excluding hydrogens is 408 g/mol. The van der Waals surface area contributed by atoms with Gasteiger partial charge in [-0.1, -0.05) is 0 Å². The number of nitrogens with one attached hydrogen (secondary N) is 1. The van der Waals surface area contributed by atoms with Crippen LogP contribution >= 0.6 is 23.5 Å². The van der Waals surface area contributed by atoms with Crippen LogP contribution in [0.3, 0.4) is 0 Å². The van der Waals surface area contributed by atoms with Crippen molar-refractivity contribution in [2.24, 2.45) is 0 Å². The number of β-lactam (4-membered cyclic amide) rings is 1. The number of furan rings is 1. The van der Waals surface area contributed by atoms with E-state index in [0.717, 1.165) is 4.90 Å². The summed E-state index contributed by atoms with van der Waals surface area (Å²) in [5.74, 6) is -1.96. The van der Waals surface area contributed by atoms with Gasteiger partial charge >= 0.3 is 11.9 Å².